The van der Waals surface area contributed by atoms with E-state index in [9.17, 15) is 4.79 Å². The van der Waals surface area contributed by atoms with Gasteiger partial charge in [0.2, 0.25) is 5.91 Å². The summed E-state index contributed by atoms with van der Waals surface area (Å²) in [6, 6.07) is 15.4. The fourth-order valence-electron chi connectivity index (χ4n) is 1.98. The molecular formula is C18H18BrNO2. The Morgan fingerprint density at radius 1 is 1.14 bits per heavy atom. The van der Waals surface area contributed by atoms with Gasteiger partial charge in [-0.1, -0.05) is 40.2 Å². The zero-order chi connectivity index (χ0) is 15.9. The molecular weight excluding hydrogens is 342 g/mol. The van der Waals surface area contributed by atoms with E-state index in [0.29, 0.717) is 0 Å². The lowest BCUT2D eigenvalue weighted by molar-refractivity contribution is -0.117. The normalized spacial score (nSPS) is 12.1. The summed E-state index contributed by atoms with van der Waals surface area (Å²) in [5.41, 5.74) is 2.02. The maximum Gasteiger partial charge on any atom is 0.244 e. The smallest absolute Gasteiger partial charge is 0.244 e. The molecule has 1 N–H and O–H groups in total. The van der Waals surface area contributed by atoms with Crippen LogP contribution in [0.2, 0.25) is 0 Å². The summed E-state index contributed by atoms with van der Waals surface area (Å²) in [5, 5.41) is 2.94. The van der Waals surface area contributed by atoms with Crippen molar-refractivity contribution in [1.82, 2.24) is 5.32 Å². The molecule has 2 aromatic rings. The van der Waals surface area contributed by atoms with Gasteiger partial charge in [0, 0.05) is 10.5 Å². The Kier molecular flexibility index (Phi) is 5.78. The third kappa shape index (κ3) is 4.74. The summed E-state index contributed by atoms with van der Waals surface area (Å²) in [6.07, 6.45) is 3.32. The lowest BCUT2D eigenvalue weighted by Gasteiger charge is -2.12. The Balaban J connectivity index is 1.93. The number of methoxy groups -OCH3 is 1. The monoisotopic (exact) mass is 359 g/mol. The fourth-order valence-corrected chi connectivity index (χ4v) is 2.25. The zero-order valence-electron chi connectivity index (χ0n) is 12.5. The van der Waals surface area contributed by atoms with E-state index in [1.54, 1.807) is 13.2 Å². The van der Waals surface area contributed by atoms with Gasteiger partial charge in [-0.05, 0) is 48.4 Å². The maximum absolute atomic E-state index is 12.0. The topological polar surface area (TPSA) is 38.3 Å². The lowest BCUT2D eigenvalue weighted by Crippen LogP contribution is -2.24. The third-order valence-electron chi connectivity index (χ3n) is 3.27. The maximum atomic E-state index is 12.0. The molecule has 2 aromatic carbocycles. The molecule has 0 saturated heterocycles. The van der Waals surface area contributed by atoms with E-state index in [2.05, 4.69) is 21.2 Å². The fraction of sp³-hybridized carbons (Fsp3) is 0.167. The Morgan fingerprint density at radius 3 is 2.36 bits per heavy atom. The van der Waals surface area contributed by atoms with E-state index in [1.807, 2.05) is 55.5 Å². The average molecular weight is 360 g/mol. The van der Waals surface area contributed by atoms with Crippen molar-refractivity contribution < 1.29 is 9.53 Å². The number of halogens is 1. The molecule has 0 aromatic heterocycles. The van der Waals surface area contributed by atoms with Gasteiger partial charge in [0.05, 0.1) is 13.2 Å². The summed E-state index contributed by atoms with van der Waals surface area (Å²) >= 11 is 3.40. The van der Waals surface area contributed by atoms with Crippen LogP contribution in [0.4, 0.5) is 0 Å². The van der Waals surface area contributed by atoms with Gasteiger partial charge in [-0.25, -0.2) is 0 Å². The van der Waals surface area contributed by atoms with Crippen LogP contribution in [0.3, 0.4) is 0 Å². The quantitative estimate of drug-likeness (QED) is 0.806. The summed E-state index contributed by atoms with van der Waals surface area (Å²) < 4.78 is 6.12. The van der Waals surface area contributed by atoms with Gasteiger partial charge in [0.25, 0.3) is 0 Å². The van der Waals surface area contributed by atoms with E-state index in [0.717, 1.165) is 21.3 Å². The highest BCUT2D eigenvalue weighted by Gasteiger charge is 2.07. The number of hydrogen-bond donors (Lipinski definition) is 1. The molecule has 2 rings (SSSR count). The standard InChI is InChI=1S/C18H18BrNO2/c1-13(15-6-8-16(19)9-7-15)20-18(21)12-5-14-3-10-17(22-2)11-4-14/h3-13H,1-2H3,(H,20,21)/b12-5+/t13-/m1/s1. The van der Waals surface area contributed by atoms with Crippen molar-refractivity contribution in [3.8, 4) is 5.75 Å². The largest absolute Gasteiger partial charge is 0.497 e. The summed E-state index contributed by atoms with van der Waals surface area (Å²) in [5.74, 6) is 0.677. The first kappa shape index (κ1) is 16.3. The summed E-state index contributed by atoms with van der Waals surface area (Å²) in [4.78, 5) is 12.0. The third-order valence-corrected chi connectivity index (χ3v) is 3.80. The van der Waals surface area contributed by atoms with Crippen LogP contribution in [0.1, 0.15) is 24.1 Å². The number of ether oxygens (including phenoxy) is 1. The molecule has 0 aliphatic carbocycles. The average Bonchev–Trinajstić information content (AvgIpc) is 2.54. The molecule has 0 bridgehead atoms. The minimum Gasteiger partial charge on any atom is -0.497 e. The number of hydrogen-bond acceptors (Lipinski definition) is 2. The summed E-state index contributed by atoms with van der Waals surface area (Å²) in [7, 11) is 1.63. The molecule has 3 nitrogen and oxygen atoms in total. The lowest BCUT2D eigenvalue weighted by atomic mass is 10.1. The van der Waals surface area contributed by atoms with Gasteiger partial charge in [0.15, 0.2) is 0 Å². The van der Waals surface area contributed by atoms with E-state index in [-0.39, 0.29) is 11.9 Å². The highest BCUT2D eigenvalue weighted by molar-refractivity contribution is 9.10. The van der Waals surface area contributed by atoms with Gasteiger partial charge in [-0.2, -0.15) is 0 Å². The van der Waals surface area contributed by atoms with Crippen LogP contribution in [0.15, 0.2) is 59.1 Å². The Bertz CT molecular complexity index is 648. The number of nitrogens with one attached hydrogen (secondary N) is 1. The SMILES string of the molecule is COc1ccc(/C=C/C(=O)N[C@H](C)c2ccc(Br)cc2)cc1. The van der Waals surface area contributed by atoms with E-state index in [4.69, 9.17) is 4.74 Å². The Labute approximate surface area is 139 Å². The highest BCUT2D eigenvalue weighted by atomic mass is 79.9. The molecule has 0 radical (unpaired) electrons. The molecule has 114 valence electrons. The Hall–Kier alpha value is -2.07. The molecule has 0 spiro atoms. The second-order valence-electron chi connectivity index (χ2n) is 4.89. The van der Waals surface area contributed by atoms with E-state index < -0.39 is 0 Å². The van der Waals surface area contributed by atoms with Crippen molar-refractivity contribution >= 4 is 27.9 Å². The predicted molar refractivity (Wildman–Crippen MR) is 92.7 cm³/mol. The van der Waals surface area contributed by atoms with Gasteiger partial charge in [0.1, 0.15) is 5.75 Å². The van der Waals surface area contributed by atoms with Crippen LogP contribution < -0.4 is 10.1 Å². The first-order chi connectivity index (χ1) is 10.6. The van der Waals surface area contributed by atoms with Crippen LogP contribution in [0, 0.1) is 0 Å². The molecule has 0 aliphatic heterocycles. The first-order valence-corrected chi connectivity index (χ1v) is 7.76. The second kappa shape index (κ2) is 7.80. The number of benzene rings is 2. The van der Waals surface area contributed by atoms with Crippen molar-refractivity contribution in [2.75, 3.05) is 7.11 Å². The van der Waals surface area contributed by atoms with Crippen LogP contribution >= 0.6 is 15.9 Å². The first-order valence-electron chi connectivity index (χ1n) is 6.96. The van der Waals surface area contributed by atoms with Crippen molar-refractivity contribution in [3.05, 3.63) is 70.2 Å². The van der Waals surface area contributed by atoms with Crippen molar-refractivity contribution in [3.63, 3.8) is 0 Å². The molecule has 4 heteroatoms. The van der Waals surface area contributed by atoms with Crippen molar-refractivity contribution in [1.29, 1.82) is 0 Å². The van der Waals surface area contributed by atoms with Crippen LogP contribution in [0.5, 0.6) is 5.75 Å². The summed E-state index contributed by atoms with van der Waals surface area (Å²) in [6.45, 7) is 1.96. The van der Waals surface area contributed by atoms with Gasteiger partial charge >= 0.3 is 0 Å². The van der Waals surface area contributed by atoms with Crippen LogP contribution in [0.25, 0.3) is 6.08 Å². The number of rotatable bonds is 5. The Morgan fingerprint density at radius 2 is 1.77 bits per heavy atom. The second-order valence-corrected chi connectivity index (χ2v) is 5.80. The predicted octanol–water partition coefficient (Wildman–Crippen LogP) is 4.35. The van der Waals surface area contributed by atoms with Crippen LogP contribution in [-0.2, 0) is 4.79 Å². The molecule has 0 aliphatic rings. The van der Waals surface area contributed by atoms with Gasteiger partial charge in [-0.3, -0.25) is 4.79 Å². The minimum absolute atomic E-state index is 0.0406. The molecule has 22 heavy (non-hydrogen) atoms. The molecule has 1 atom stereocenters. The van der Waals surface area contributed by atoms with Gasteiger partial charge < -0.3 is 10.1 Å². The van der Waals surface area contributed by atoms with E-state index in [1.165, 1.54) is 6.08 Å². The van der Waals surface area contributed by atoms with Crippen molar-refractivity contribution in [2.45, 2.75) is 13.0 Å². The number of carbonyl (C=O) groups excluding carboxylic acids is 1. The van der Waals surface area contributed by atoms with Gasteiger partial charge in [-0.15, -0.1) is 0 Å². The molecule has 0 fully saturated rings. The molecule has 0 saturated carbocycles. The van der Waals surface area contributed by atoms with E-state index >= 15 is 0 Å². The highest BCUT2D eigenvalue weighted by Crippen LogP contribution is 2.16. The van der Waals surface area contributed by atoms with Crippen molar-refractivity contribution in [2.24, 2.45) is 0 Å². The molecule has 0 heterocycles. The molecule has 1 amide bonds. The number of carbonyl (C=O) groups is 1. The van der Waals surface area contributed by atoms with Crippen LogP contribution in [-0.4, -0.2) is 13.0 Å². The number of amides is 1. The zero-order valence-corrected chi connectivity index (χ0v) is 14.1. The molecule has 0 unspecified atom stereocenters. The minimum atomic E-state index is -0.119.